The van der Waals surface area contributed by atoms with Gasteiger partial charge < -0.3 is 14.6 Å². The fourth-order valence-electron chi connectivity index (χ4n) is 2.58. The minimum atomic E-state index is -0.591. The van der Waals surface area contributed by atoms with E-state index < -0.39 is 5.60 Å². The number of rotatable bonds is 3. The lowest BCUT2D eigenvalue weighted by molar-refractivity contribution is 0.0216. The van der Waals surface area contributed by atoms with Gasteiger partial charge in [-0.05, 0) is 31.4 Å². The summed E-state index contributed by atoms with van der Waals surface area (Å²) in [7, 11) is 3.35. The molecule has 1 atom stereocenters. The first-order chi connectivity index (χ1) is 8.13. The van der Waals surface area contributed by atoms with Gasteiger partial charge in [0.1, 0.15) is 11.5 Å². The molecule has 1 N–H and O–H groups in total. The standard InChI is InChI=1S/C14H20O3/c1-4-14(15)8-7-10-11(9-14)13(17-3)6-5-12(10)16-2/h5-6,15H,4,7-9H2,1-3H3/t14-/m1/s1. The van der Waals surface area contributed by atoms with Gasteiger partial charge in [-0.15, -0.1) is 0 Å². The van der Waals surface area contributed by atoms with Crippen LogP contribution < -0.4 is 9.47 Å². The average molecular weight is 236 g/mol. The zero-order valence-corrected chi connectivity index (χ0v) is 10.7. The predicted octanol–water partition coefficient (Wildman–Crippen LogP) is 2.33. The van der Waals surface area contributed by atoms with Crippen molar-refractivity contribution in [2.75, 3.05) is 14.2 Å². The Morgan fingerprint density at radius 3 is 2.29 bits per heavy atom. The van der Waals surface area contributed by atoms with E-state index in [9.17, 15) is 5.11 Å². The smallest absolute Gasteiger partial charge is 0.122 e. The van der Waals surface area contributed by atoms with E-state index in [1.165, 1.54) is 5.56 Å². The molecule has 0 spiro atoms. The van der Waals surface area contributed by atoms with E-state index in [0.29, 0.717) is 6.42 Å². The van der Waals surface area contributed by atoms with Crippen LogP contribution in [-0.4, -0.2) is 24.9 Å². The topological polar surface area (TPSA) is 38.7 Å². The molecule has 1 aromatic rings. The van der Waals surface area contributed by atoms with Crippen molar-refractivity contribution in [3.63, 3.8) is 0 Å². The van der Waals surface area contributed by atoms with Gasteiger partial charge >= 0.3 is 0 Å². The Kier molecular flexibility index (Phi) is 3.29. The normalized spacial score (nSPS) is 23.1. The molecule has 94 valence electrons. The summed E-state index contributed by atoms with van der Waals surface area (Å²) in [6.45, 7) is 2.03. The quantitative estimate of drug-likeness (QED) is 0.875. The molecule has 0 fully saturated rings. The van der Waals surface area contributed by atoms with Crippen molar-refractivity contribution in [3.05, 3.63) is 23.3 Å². The van der Waals surface area contributed by atoms with Gasteiger partial charge in [-0.25, -0.2) is 0 Å². The second-order valence-corrected chi connectivity index (χ2v) is 4.68. The molecule has 0 radical (unpaired) electrons. The van der Waals surface area contributed by atoms with Crippen LogP contribution in [-0.2, 0) is 12.8 Å². The van der Waals surface area contributed by atoms with Crippen molar-refractivity contribution < 1.29 is 14.6 Å². The van der Waals surface area contributed by atoms with Crippen molar-refractivity contribution in [2.24, 2.45) is 0 Å². The first-order valence-corrected chi connectivity index (χ1v) is 6.08. The minimum Gasteiger partial charge on any atom is -0.496 e. The molecule has 17 heavy (non-hydrogen) atoms. The Bertz CT molecular complexity index is 414. The Labute approximate surface area is 102 Å². The summed E-state index contributed by atoms with van der Waals surface area (Å²) in [5.41, 5.74) is 1.69. The molecule has 0 saturated carbocycles. The number of ether oxygens (including phenoxy) is 2. The monoisotopic (exact) mass is 236 g/mol. The third-order valence-corrected chi connectivity index (χ3v) is 3.79. The Balaban J connectivity index is 2.47. The van der Waals surface area contributed by atoms with Crippen LogP contribution in [0.25, 0.3) is 0 Å². The molecule has 1 aliphatic carbocycles. The van der Waals surface area contributed by atoms with E-state index in [0.717, 1.165) is 36.3 Å². The van der Waals surface area contributed by atoms with Crippen LogP contribution in [0.15, 0.2) is 12.1 Å². The third kappa shape index (κ3) is 2.12. The van der Waals surface area contributed by atoms with Crippen LogP contribution in [0.4, 0.5) is 0 Å². The molecule has 2 rings (SSSR count). The van der Waals surface area contributed by atoms with Crippen molar-refractivity contribution in [1.82, 2.24) is 0 Å². The van der Waals surface area contributed by atoms with Gasteiger partial charge in [-0.2, -0.15) is 0 Å². The van der Waals surface area contributed by atoms with Gasteiger partial charge in [0, 0.05) is 17.5 Å². The van der Waals surface area contributed by atoms with E-state index in [-0.39, 0.29) is 0 Å². The number of aliphatic hydroxyl groups is 1. The van der Waals surface area contributed by atoms with Crippen molar-refractivity contribution in [3.8, 4) is 11.5 Å². The summed E-state index contributed by atoms with van der Waals surface area (Å²) in [6, 6.07) is 3.85. The van der Waals surface area contributed by atoms with Crippen LogP contribution in [0.2, 0.25) is 0 Å². The molecule has 0 heterocycles. The predicted molar refractivity (Wildman–Crippen MR) is 66.8 cm³/mol. The van der Waals surface area contributed by atoms with E-state index in [1.54, 1.807) is 14.2 Å². The maximum atomic E-state index is 10.4. The fraction of sp³-hybridized carbons (Fsp3) is 0.571. The summed E-state index contributed by atoms with van der Waals surface area (Å²) in [5.74, 6) is 1.76. The van der Waals surface area contributed by atoms with E-state index in [1.807, 2.05) is 19.1 Å². The third-order valence-electron chi connectivity index (χ3n) is 3.79. The summed E-state index contributed by atoms with van der Waals surface area (Å²) in [6.07, 6.45) is 3.06. The molecule has 0 saturated heterocycles. The second kappa shape index (κ2) is 4.57. The fourth-order valence-corrected chi connectivity index (χ4v) is 2.58. The van der Waals surface area contributed by atoms with Crippen LogP contribution >= 0.6 is 0 Å². The number of methoxy groups -OCH3 is 2. The zero-order valence-electron chi connectivity index (χ0n) is 10.7. The van der Waals surface area contributed by atoms with Crippen molar-refractivity contribution >= 4 is 0 Å². The maximum Gasteiger partial charge on any atom is 0.122 e. The van der Waals surface area contributed by atoms with Crippen LogP contribution in [0, 0.1) is 0 Å². The minimum absolute atomic E-state index is 0.591. The molecule has 0 aromatic heterocycles. The molecule has 0 amide bonds. The van der Waals surface area contributed by atoms with E-state index in [2.05, 4.69) is 0 Å². The number of hydrogen-bond donors (Lipinski definition) is 1. The summed E-state index contributed by atoms with van der Waals surface area (Å²) in [4.78, 5) is 0. The van der Waals surface area contributed by atoms with Crippen LogP contribution in [0.3, 0.4) is 0 Å². The maximum absolute atomic E-state index is 10.4. The highest BCUT2D eigenvalue weighted by Gasteiger charge is 2.33. The van der Waals surface area contributed by atoms with Gasteiger partial charge in [0.2, 0.25) is 0 Å². The molecule has 3 heteroatoms. The highest BCUT2D eigenvalue weighted by molar-refractivity contribution is 5.50. The lowest BCUT2D eigenvalue weighted by Crippen LogP contribution is -2.35. The Hall–Kier alpha value is -1.22. The van der Waals surface area contributed by atoms with Gasteiger partial charge in [0.25, 0.3) is 0 Å². The molecule has 0 bridgehead atoms. The molecule has 1 aromatic carbocycles. The van der Waals surface area contributed by atoms with Crippen molar-refractivity contribution in [2.45, 2.75) is 38.2 Å². The first kappa shape index (κ1) is 12.2. The van der Waals surface area contributed by atoms with Crippen LogP contribution in [0.1, 0.15) is 30.9 Å². The lowest BCUT2D eigenvalue weighted by Gasteiger charge is -2.34. The molecular formula is C14H20O3. The summed E-state index contributed by atoms with van der Waals surface area (Å²) in [5, 5.41) is 10.4. The number of fused-ring (bicyclic) bond motifs is 1. The van der Waals surface area contributed by atoms with Gasteiger partial charge in [0.15, 0.2) is 0 Å². The highest BCUT2D eigenvalue weighted by atomic mass is 16.5. The first-order valence-electron chi connectivity index (χ1n) is 6.08. The average Bonchev–Trinajstić information content (AvgIpc) is 2.37. The SMILES string of the molecule is CC[C@@]1(O)CCc2c(OC)ccc(OC)c2C1. The van der Waals surface area contributed by atoms with Gasteiger partial charge in [-0.1, -0.05) is 6.92 Å². The molecule has 1 aliphatic rings. The molecule has 3 nitrogen and oxygen atoms in total. The molecule has 0 unspecified atom stereocenters. The van der Waals surface area contributed by atoms with E-state index in [4.69, 9.17) is 9.47 Å². The van der Waals surface area contributed by atoms with E-state index >= 15 is 0 Å². The van der Waals surface area contributed by atoms with Crippen LogP contribution in [0.5, 0.6) is 11.5 Å². The Morgan fingerprint density at radius 1 is 1.18 bits per heavy atom. The van der Waals surface area contributed by atoms with Crippen molar-refractivity contribution in [1.29, 1.82) is 0 Å². The molecular weight excluding hydrogens is 216 g/mol. The Morgan fingerprint density at radius 2 is 1.76 bits per heavy atom. The lowest BCUT2D eigenvalue weighted by atomic mass is 9.78. The summed E-state index contributed by atoms with van der Waals surface area (Å²) < 4.78 is 10.8. The van der Waals surface area contributed by atoms with Gasteiger partial charge in [-0.3, -0.25) is 0 Å². The zero-order chi connectivity index (χ0) is 12.5. The second-order valence-electron chi connectivity index (χ2n) is 4.68. The largest absolute Gasteiger partial charge is 0.496 e. The van der Waals surface area contributed by atoms with Gasteiger partial charge in [0.05, 0.1) is 19.8 Å². The number of hydrogen-bond acceptors (Lipinski definition) is 3. The molecule has 0 aliphatic heterocycles. The highest BCUT2D eigenvalue weighted by Crippen LogP contribution is 2.40. The summed E-state index contributed by atoms with van der Waals surface area (Å²) >= 11 is 0. The number of benzene rings is 1.